The van der Waals surface area contributed by atoms with Crippen molar-refractivity contribution in [1.82, 2.24) is 15.1 Å². The Morgan fingerprint density at radius 1 is 1.07 bits per heavy atom. The van der Waals surface area contributed by atoms with Crippen molar-refractivity contribution in [2.24, 2.45) is 5.10 Å². The van der Waals surface area contributed by atoms with E-state index in [-0.39, 0.29) is 11.9 Å². The third-order valence-corrected chi connectivity index (χ3v) is 8.79. The SMILES string of the molecule is Cc1cc(CC(NC(=O)N2CCC3(CC2)OC(=O)Nc2ccccc23)C(=O)N2CCCCC2)cc2c1NN=CCC2. The van der Waals surface area contributed by atoms with Crippen LogP contribution in [0.3, 0.4) is 0 Å². The fourth-order valence-corrected chi connectivity index (χ4v) is 6.62. The Morgan fingerprint density at radius 2 is 1.85 bits per heavy atom. The minimum absolute atomic E-state index is 0.0261. The number of carbonyl (C=O) groups excluding carboxylic acids is 3. The van der Waals surface area contributed by atoms with Gasteiger partial charge in [0.25, 0.3) is 0 Å². The average molecular weight is 559 g/mol. The quantitative estimate of drug-likeness (QED) is 0.510. The molecular formula is C31H38N6O4. The lowest BCUT2D eigenvalue weighted by Crippen LogP contribution is -2.56. The molecule has 216 valence electrons. The summed E-state index contributed by atoms with van der Waals surface area (Å²) in [5, 5.41) is 10.1. The molecule has 2 aromatic rings. The van der Waals surface area contributed by atoms with Crippen LogP contribution < -0.4 is 16.1 Å². The third kappa shape index (κ3) is 5.60. The summed E-state index contributed by atoms with van der Waals surface area (Å²) in [6.45, 7) is 4.33. The summed E-state index contributed by atoms with van der Waals surface area (Å²) in [6, 6.07) is 11.0. The van der Waals surface area contributed by atoms with E-state index in [4.69, 9.17) is 4.74 Å². The van der Waals surface area contributed by atoms with Crippen LogP contribution in [0.25, 0.3) is 0 Å². The van der Waals surface area contributed by atoms with E-state index in [9.17, 15) is 14.4 Å². The van der Waals surface area contributed by atoms with Gasteiger partial charge in [-0.3, -0.25) is 15.5 Å². The van der Waals surface area contributed by atoms with Crippen molar-refractivity contribution in [3.05, 3.63) is 58.7 Å². The minimum atomic E-state index is -0.754. The number of hydrogen-bond acceptors (Lipinski definition) is 6. The van der Waals surface area contributed by atoms with Crippen molar-refractivity contribution in [2.75, 3.05) is 36.9 Å². The molecule has 2 aromatic carbocycles. The van der Waals surface area contributed by atoms with E-state index in [1.54, 1.807) is 4.90 Å². The van der Waals surface area contributed by atoms with Gasteiger partial charge in [-0.1, -0.05) is 30.3 Å². The highest BCUT2D eigenvalue weighted by Gasteiger charge is 2.45. The highest BCUT2D eigenvalue weighted by Crippen LogP contribution is 2.43. The van der Waals surface area contributed by atoms with E-state index in [1.807, 2.05) is 42.3 Å². The molecule has 0 aromatic heterocycles. The van der Waals surface area contributed by atoms with Gasteiger partial charge < -0.3 is 19.9 Å². The van der Waals surface area contributed by atoms with Crippen LogP contribution in [0.1, 0.15) is 60.8 Å². The third-order valence-electron chi connectivity index (χ3n) is 8.79. The number of likely N-dealkylation sites (tertiary alicyclic amines) is 2. The smallest absolute Gasteiger partial charge is 0.412 e. The van der Waals surface area contributed by atoms with E-state index in [0.29, 0.717) is 32.4 Å². The topological polar surface area (TPSA) is 115 Å². The van der Waals surface area contributed by atoms with Crippen molar-refractivity contribution in [1.29, 1.82) is 0 Å². The summed E-state index contributed by atoms with van der Waals surface area (Å²) in [5.41, 5.74) is 8.38. The number of amides is 4. The van der Waals surface area contributed by atoms with Crippen LogP contribution >= 0.6 is 0 Å². The summed E-state index contributed by atoms with van der Waals surface area (Å²) in [6.07, 6.45) is 7.64. The number of aryl methyl sites for hydroxylation is 2. The van der Waals surface area contributed by atoms with Gasteiger partial charge in [0.15, 0.2) is 0 Å². The number of nitrogens with zero attached hydrogens (tertiary/aromatic N) is 3. The first-order chi connectivity index (χ1) is 19.9. The first-order valence-corrected chi connectivity index (χ1v) is 14.8. The van der Waals surface area contributed by atoms with Crippen molar-refractivity contribution in [3.8, 4) is 0 Å². The Bertz CT molecular complexity index is 1360. The molecule has 4 heterocycles. The van der Waals surface area contributed by atoms with Gasteiger partial charge in [-0.15, -0.1) is 0 Å². The lowest BCUT2D eigenvalue weighted by Gasteiger charge is -2.44. The Morgan fingerprint density at radius 3 is 2.66 bits per heavy atom. The fourth-order valence-electron chi connectivity index (χ4n) is 6.62. The van der Waals surface area contributed by atoms with Crippen LogP contribution in [0, 0.1) is 6.92 Å². The maximum absolute atomic E-state index is 13.8. The molecule has 10 nitrogen and oxygen atoms in total. The maximum atomic E-state index is 13.8. The molecule has 1 unspecified atom stereocenters. The molecular weight excluding hydrogens is 520 g/mol. The van der Waals surface area contributed by atoms with E-state index < -0.39 is 17.7 Å². The number of hydrazone groups is 1. The van der Waals surface area contributed by atoms with Crippen LogP contribution in [0.4, 0.5) is 21.0 Å². The molecule has 0 radical (unpaired) electrons. The monoisotopic (exact) mass is 558 g/mol. The zero-order chi connectivity index (χ0) is 28.4. The lowest BCUT2D eigenvalue weighted by molar-refractivity contribution is -0.134. The van der Waals surface area contributed by atoms with Gasteiger partial charge in [-0.05, 0) is 61.8 Å². The molecule has 4 aliphatic rings. The second-order valence-corrected chi connectivity index (χ2v) is 11.5. The van der Waals surface area contributed by atoms with Gasteiger partial charge in [0.05, 0.1) is 11.4 Å². The summed E-state index contributed by atoms with van der Waals surface area (Å²) in [5.74, 6) is -0.0261. The number of urea groups is 1. The summed E-state index contributed by atoms with van der Waals surface area (Å²) in [4.78, 5) is 43.3. The Balaban J connectivity index is 1.18. The number of carbonyl (C=O) groups is 3. The number of rotatable bonds is 4. The molecule has 3 N–H and O–H groups in total. The van der Waals surface area contributed by atoms with Crippen molar-refractivity contribution in [3.63, 3.8) is 0 Å². The van der Waals surface area contributed by atoms with Crippen molar-refractivity contribution >= 4 is 35.6 Å². The van der Waals surface area contributed by atoms with E-state index in [1.165, 1.54) is 5.56 Å². The Labute approximate surface area is 240 Å². The number of hydrogen-bond donors (Lipinski definition) is 3. The van der Waals surface area contributed by atoms with Gasteiger partial charge in [0, 0.05) is 57.2 Å². The molecule has 2 saturated heterocycles. The average Bonchev–Trinajstić information content (AvgIpc) is 3.23. The van der Waals surface area contributed by atoms with Crippen molar-refractivity contribution in [2.45, 2.75) is 69.9 Å². The molecule has 10 heteroatoms. The van der Waals surface area contributed by atoms with E-state index in [2.05, 4.69) is 33.3 Å². The summed E-state index contributed by atoms with van der Waals surface area (Å²) >= 11 is 0. The van der Waals surface area contributed by atoms with Crippen LogP contribution in [0.15, 0.2) is 41.5 Å². The molecule has 1 atom stereocenters. The van der Waals surface area contributed by atoms with Crippen LogP contribution in [-0.4, -0.2) is 66.3 Å². The normalized spacial score (nSPS) is 20.1. The molecule has 6 rings (SSSR count). The zero-order valence-corrected chi connectivity index (χ0v) is 23.6. The number of para-hydroxylation sites is 1. The van der Waals surface area contributed by atoms with Gasteiger partial charge in [-0.2, -0.15) is 5.10 Å². The number of benzene rings is 2. The lowest BCUT2D eigenvalue weighted by atomic mass is 9.82. The van der Waals surface area contributed by atoms with Crippen LogP contribution in [0.2, 0.25) is 0 Å². The summed E-state index contributed by atoms with van der Waals surface area (Å²) < 4.78 is 5.83. The van der Waals surface area contributed by atoms with Crippen molar-refractivity contribution < 1.29 is 19.1 Å². The van der Waals surface area contributed by atoms with E-state index in [0.717, 1.165) is 73.3 Å². The van der Waals surface area contributed by atoms with Crippen LogP contribution in [0.5, 0.6) is 0 Å². The largest absolute Gasteiger partial charge is 0.438 e. The summed E-state index contributed by atoms with van der Waals surface area (Å²) in [7, 11) is 0. The molecule has 0 aliphatic carbocycles. The fraction of sp³-hybridized carbons (Fsp3) is 0.484. The van der Waals surface area contributed by atoms with Gasteiger partial charge >= 0.3 is 12.1 Å². The second kappa shape index (κ2) is 11.4. The van der Waals surface area contributed by atoms with E-state index >= 15 is 0 Å². The standard InChI is InChI=1S/C31H38N6O4/c1-21-18-22(19-23-8-7-13-32-35-27(21)23)20-26(28(38)36-14-5-2-6-15-36)33-29(39)37-16-11-31(12-17-37)24-9-3-4-10-25(24)34-30(40)41-31/h3-4,9-10,13,18-19,26,35H,2,5-8,11-12,14-17,20H2,1H3,(H,33,39)(H,34,40). The molecule has 2 fully saturated rings. The van der Waals surface area contributed by atoms with Gasteiger partial charge in [0.1, 0.15) is 11.6 Å². The molecule has 4 amide bonds. The minimum Gasteiger partial charge on any atom is -0.438 e. The molecule has 4 aliphatic heterocycles. The highest BCUT2D eigenvalue weighted by atomic mass is 16.6. The van der Waals surface area contributed by atoms with Gasteiger partial charge in [-0.25, -0.2) is 9.59 Å². The number of fused-ring (bicyclic) bond motifs is 3. The first kappa shape index (κ1) is 27.1. The molecule has 1 spiro atoms. The number of ether oxygens (including phenoxy) is 1. The number of nitrogens with one attached hydrogen (secondary N) is 3. The molecule has 41 heavy (non-hydrogen) atoms. The Kier molecular flexibility index (Phi) is 7.55. The highest BCUT2D eigenvalue weighted by molar-refractivity contribution is 5.89. The van der Waals surface area contributed by atoms with Gasteiger partial charge in [0.2, 0.25) is 5.91 Å². The van der Waals surface area contributed by atoms with Crippen LogP contribution in [-0.2, 0) is 28.0 Å². The molecule has 0 saturated carbocycles. The number of piperidine rings is 2. The maximum Gasteiger partial charge on any atom is 0.412 e. The zero-order valence-electron chi connectivity index (χ0n) is 23.6. The molecule has 0 bridgehead atoms. The Hall–Kier alpha value is -4.08. The number of anilines is 2. The predicted octanol–water partition coefficient (Wildman–Crippen LogP) is 4.53. The predicted molar refractivity (Wildman–Crippen MR) is 157 cm³/mol. The second-order valence-electron chi connectivity index (χ2n) is 11.5. The first-order valence-electron chi connectivity index (χ1n) is 14.8.